The second-order valence-electron chi connectivity index (χ2n) is 2.41. The molecule has 1 rings (SSSR count). The van der Waals surface area contributed by atoms with E-state index in [9.17, 15) is 8.78 Å². The summed E-state index contributed by atoms with van der Waals surface area (Å²) in [7, 11) is 0. The lowest BCUT2D eigenvalue weighted by atomic mass is 10.2. The molecule has 0 fully saturated rings. The van der Waals surface area contributed by atoms with Crippen LogP contribution in [-0.4, -0.2) is 4.98 Å². The van der Waals surface area contributed by atoms with Crippen LogP contribution in [0.2, 0.25) is 0 Å². The molecule has 0 N–H and O–H groups in total. The van der Waals surface area contributed by atoms with E-state index in [2.05, 4.69) is 20.9 Å². The van der Waals surface area contributed by atoms with Gasteiger partial charge in [0.15, 0.2) is 0 Å². The van der Waals surface area contributed by atoms with Gasteiger partial charge in [0.05, 0.1) is 0 Å². The van der Waals surface area contributed by atoms with Crippen molar-refractivity contribution in [3.8, 4) is 6.07 Å². The largest absolute Gasteiger partial charge is 0.281 e. The van der Waals surface area contributed by atoms with Crippen LogP contribution >= 0.6 is 27.5 Å². The molecule has 0 atom stereocenters. The Kier molecular flexibility index (Phi) is 3.78. The molecule has 14 heavy (non-hydrogen) atoms. The molecule has 0 amide bonds. The summed E-state index contributed by atoms with van der Waals surface area (Å²) in [5.74, 6) is 0.0531. The van der Waals surface area contributed by atoms with Crippen molar-refractivity contribution < 1.29 is 8.78 Å². The van der Waals surface area contributed by atoms with Crippen molar-refractivity contribution in [1.82, 2.24) is 4.98 Å². The van der Waals surface area contributed by atoms with Gasteiger partial charge in [-0.2, -0.15) is 5.26 Å². The highest BCUT2D eigenvalue weighted by molar-refractivity contribution is 9.10. The van der Waals surface area contributed by atoms with Crippen molar-refractivity contribution >= 4 is 27.5 Å². The van der Waals surface area contributed by atoms with E-state index in [1.807, 2.05) is 0 Å². The first-order valence-corrected chi connectivity index (χ1v) is 4.86. The Balaban J connectivity index is 3.36. The van der Waals surface area contributed by atoms with Crippen LogP contribution < -0.4 is 0 Å². The Bertz CT molecular complexity index is 390. The third kappa shape index (κ3) is 2.20. The Morgan fingerprint density at radius 1 is 1.64 bits per heavy atom. The standard InChI is InChI=1S/C8H4BrClF2N2/c9-6-4(2-10)1-5(3-13)14-7(6)8(11)12/h1,8H,2H2. The van der Waals surface area contributed by atoms with Gasteiger partial charge >= 0.3 is 0 Å². The highest BCUT2D eigenvalue weighted by atomic mass is 79.9. The van der Waals surface area contributed by atoms with Crippen LogP contribution in [0.1, 0.15) is 23.4 Å². The summed E-state index contributed by atoms with van der Waals surface area (Å²) in [5, 5.41) is 8.54. The van der Waals surface area contributed by atoms with Crippen molar-refractivity contribution in [2.24, 2.45) is 0 Å². The topological polar surface area (TPSA) is 36.7 Å². The molecule has 0 unspecified atom stereocenters. The molecule has 1 heterocycles. The van der Waals surface area contributed by atoms with Gasteiger partial charge < -0.3 is 0 Å². The summed E-state index contributed by atoms with van der Waals surface area (Å²) in [6.45, 7) is 0. The van der Waals surface area contributed by atoms with Crippen molar-refractivity contribution in [3.63, 3.8) is 0 Å². The third-order valence-electron chi connectivity index (χ3n) is 1.52. The zero-order valence-electron chi connectivity index (χ0n) is 6.77. The van der Waals surface area contributed by atoms with Crippen LogP contribution in [0.3, 0.4) is 0 Å². The first-order chi connectivity index (χ1) is 6.60. The number of hydrogen-bond donors (Lipinski definition) is 0. The molecule has 6 heteroatoms. The number of nitriles is 1. The highest BCUT2D eigenvalue weighted by Crippen LogP contribution is 2.29. The normalized spacial score (nSPS) is 10.3. The molecule has 1 aromatic rings. The van der Waals surface area contributed by atoms with Gasteiger partial charge in [0.2, 0.25) is 0 Å². The van der Waals surface area contributed by atoms with E-state index >= 15 is 0 Å². The van der Waals surface area contributed by atoms with Gasteiger partial charge in [-0.1, -0.05) is 0 Å². The highest BCUT2D eigenvalue weighted by Gasteiger charge is 2.17. The predicted molar refractivity (Wildman–Crippen MR) is 51.2 cm³/mol. The average Bonchev–Trinajstić information content (AvgIpc) is 2.17. The molecule has 0 aliphatic carbocycles. The summed E-state index contributed by atoms with van der Waals surface area (Å²) in [5.41, 5.74) is -0.0626. The predicted octanol–water partition coefficient (Wildman–Crippen LogP) is 3.39. The lowest BCUT2D eigenvalue weighted by Crippen LogP contribution is -1.98. The third-order valence-corrected chi connectivity index (χ3v) is 2.73. The molecular weight excluding hydrogens is 277 g/mol. The second-order valence-corrected chi connectivity index (χ2v) is 3.47. The van der Waals surface area contributed by atoms with E-state index in [-0.39, 0.29) is 16.0 Å². The molecule has 0 aromatic carbocycles. The van der Waals surface area contributed by atoms with Gasteiger partial charge in [0, 0.05) is 10.4 Å². The SMILES string of the molecule is N#Cc1cc(CCl)c(Br)c(C(F)F)n1. The number of pyridine rings is 1. The number of nitrogens with zero attached hydrogens (tertiary/aromatic N) is 2. The molecule has 2 nitrogen and oxygen atoms in total. The maximum atomic E-state index is 12.4. The van der Waals surface area contributed by atoms with Crippen molar-refractivity contribution in [2.75, 3.05) is 0 Å². The molecule has 1 aromatic heterocycles. The monoisotopic (exact) mass is 280 g/mol. The van der Waals surface area contributed by atoms with Gasteiger partial charge in [0.1, 0.15) is 17.5 Å². The quantitative estimate of drug-likeness (QED) is 0.779. The number of hydrogen-bond acceptors (Lipinski definition) is 2. The Hall–Kier alpha value is -0.730. The van der Waals surface area contributed by atoms with E-state index in [1.54, 1.807) is 6.07 Å². The maximum Gasteiger partial charge on any atom is 0.281 e. The lowest BCUT2D eigenvalue weighted by Gasteiger charge is -2.06. The summed E-state index contributed by atoms with van der Waals surface area (Å²) in [4.78, 5) is 3.48. The Morgan fingerprint density at radius 3 is 2.71 bits per heavy atom. The molecule has 0 spiro atoms. The fraction of sp³-hybridized carbons (Fsp3) is 0.250. The minimum atomic E-state index is -2.72. The number of alkyl halides is 3. The van der Waals surface area contributed by atoms with Gasteiger partial charge in [-0.3, -0.25) is 0 Å². The number of rotatable bonds is 2. The second kappa shape index (κ2) is 4.67. The van der Waals surface area contributed by atoms with Crippen molar-refractivity contribution in [3.05, 3.63) is 27.5 Å². The van der Waals surface area contributed by atoms with Crippen molar-refractivity contribution in [1.29, 1.82) is 5.26 Å². The number of halogens is 4. The molecule has 0 aliphatic heterocycles. The fourth-order valence-corrected chi connectivity index (χ4v) is 1.79. The van der Waals surface area contributed by atoms with Gasteiger partial charge in [-0.05, 0) is 27.6 Å². The summed E-state index contributed by atoms with van der Waals surface area (Å²) in [6.07, 6.45) is -2.72. The van der Waals surface area contributed by atoms with E-state index in [0.29, 0.717) is 5.56 Å². The van der Waals surface area contributed by atoms with Crippen LogP contribution in [-0.2, 0) is 5.88 Å². The zero-order valence-corrected chi connectivity index (χ0v) is 9.11. The molecule has 0 saturated heterocycles. The van der Waals surface area contributed by atoms with Crippen molar-refractivity contribution in [2.45, 2.75) is 12.3 Å². The average molecular weight is 281 g/mol. The van der Waals surface area contributed by atoms with Crippen LogP contribution in [0.15, 0.2) is 10.5 Å². The molecule has 0 bridgehead atoms. The minimum absolute atomic E-state index is 0.0531. The molecule has 0 aliphatic rings. The van der Waals surface area contributed by atoms with Crippen LogP contribution in [0.5, 0.6) is 0 Å². The van der Waals surface area contributed by atoms with Crippen LogP contribution in [0.4, 0.5) is 8.78 Å². The molecular formula is C8H4BrClF2N2. The molecule has 74 valence electrons. The molecule has 0 saturated carbocycles. The minimum Gasteiger partial charge on any atom is -0.235 e. The van der Waals surface area contributed by atoms with E-state index < -0.39 is 12.1 Å². The lowest BCUT2D eigenvalue weighted by molar-refractivity contribution is 0.145. The first-order valence-electron chi connectivity index (χ1n) is 3.53. The smallest absolute Gasteiger partial charge is 0.235 e. The van der Waals surface area contributed by atoms with Gasteiger partial charge in [0.25, 0.3) is 6.43 Å². The van der Waals surface area contributed by atoms with Gasteiger partial charge in [-0.25, -0.2) is 13.8 Å². The summed E-state index contributed by atoms with van der Waals surface area (Å²) in [6, 6.07) is 3.08. The fourth-order valence-electron chi connectivity index (χ4n) is 0.903. The summed E-state index contributed by atoms with van der Waals surface area (Å²) >= 11 is 8.49. The Labute approximate surface area is 92.6 Å². The summed E-state index contributed by atoms with van der Waals surface area (Å²) < 4.78 is 25.0. The van der Waals surface area contributed by atoms with Gasteiger partial charge in [-0.15, -0.1) is 11.6 Å². The maximum absolute atomic E-state index is 12.4. The number of aromatic nitrogens is 1. The van der Waals surface area contributed by atoms with Crippen LogP contribution in [0.25, 0.3) is 0 Å². The van der Waals surface area contributed by atoms with E-state index in [4.69, 9.17) is 16.9 Å². The molecule has 0 radical (unpaired) electrons. The first kappa shape index (κ1) is 11.3. The Morgan fingerprint density at radius 2 is 2.29 bits per heavy atom. The van der Waals surface area contributed by atoms with E-state index in [1.165, 1.54) is 6.07 Å². The van der Waals surface area contributed by atoms with Crippen LogP contribution in [0, 0.1) is 11.3 Å². The zero-order chi connectivity index (χ0) is 10.7. The van der Waals surface area contributed by atoms with E-state index in [0.717, 1.165) is 0 Å².